The van der Waals surface area contributed by atoms with Crippen LogP contribution in [-0.2, 0) is 19.3 Å². The SMILES string of the molecule is CCc1cc(CC)c(C(Br)c2ccccc2C)c(CC)c1. The molecule has 0 N–H and O–H groups in total. The molecule has 112 valence electrons. The molecule has 0 fully saturated rings. The zero-order chi connectivity index (χ0) is 15.4. The highest BCUT2D eigenvalue weighted by atomic mass is 79.9. The third-order valence-corrected chi connectivity index (χ3v) is 5.25. The zero-order valence-electron chi connectivity index (χ0n) is 13.5. The van der Waals surface area contributed by atoms with Gasteiger partial charge in [0.05, 0.1) is 4.83 Å². The van der Waals surface area contributed by atoms with E-state index in [2.05, 4.69) is 80.0 Å². The maximum Gasteiger partial charge on any atom is 0.0652 e. The van der Waals surface area contributed by atoms with Crippen molar-refractivity contribution < 1.29 is 0 Å². The van der Waals surface area contributed by atoms with Gasteiger partial charge in [-0.3, -0.25) is 0 Å². The van der Waals surface area contributed by atoms with Gasteiger partial charge >= 0.3 is 0 Å². The molecule has 21 heavy (non-hydrogen) atoms. The number of benzene rings is 2. The Balaban J connectivity index is 2.59. The summed E-state index contributed by atoms with van der Waals surface area (Å²) in [5.74, 6) is 0. The predicted molar refractivity (Wildman–Crippen MR) is 96.5 cm³/mol. The first-order valence-corrected chi connectivity index (χ1v) is 8.88. The molecule has 0 heterocycles. The fourth-order valence-corrected chi connectivity index (χ4v) is 4.09. The van der Waals surface area contributed by atoms with Crippen LogP contribution in [0, 0.1) is 6.92 Å². The van der Waals surface area contributed by atoms with Gasteiger partial charge in [0, 0.05) is 0 Å². The third kappa shape index (κ3) is 3.40. The van der Waals surface area contributed by atoms with Crippen LogP contribution in [0.2, 0.25) is 0 Å². The Morgan fingerprint density at radius 2 is 1.48 bits per heavy atom. The second-order valence-corrected chi connectivity index (χ2v) is 6.52. The third-order valence-electron chi connectivity index (χ3n) is 4.30. The first kappa shape index (κ1) is 16.3. The van der Waals surface area contributed by atoms with E-state index in [0.717, 1.165) is 19.3 Å². The van der Waals surface area contributed by atoms with E-state index >= 15 is 0 Å². The van der Waals surface area contributed by atoms with Crippen molar-refractivity contribution in [2.24, 2.45) is 0 Å². The van der Waals surface area contributed by atoms with E-state index in [1.807, 2.05) is 0 Å². The van der Waals surface area contributed by atoms with Gasteiger partial charge in [-0.1, -0.05) is 73.1 Å². The minimum absolute atomic E-state index is 0.287. The van der Waals surface area contributed by atoms with E-state index in [0.29, 0.717) is 0 Å². The van der Waals surface area contributed by atoms with Crippen molar-refractivity contribution in [3.05, 3.63) is 69.8 Å². The molecule has 0 saturated heterocycles. The molecule has 0 aromatic heterocycles. The summed E-state index contributed by atoms with van der Waals surface area (Å²) in [5.41, 5.74) is 8.63. The Labute approximate surface area is 137 Å². The summed E-state index contributed by atoms with van der Waals surface area (Å²) in [7, 11) is 0. The number of rotatable bonds is 5. The van der Waals surface area contributed by atoms with Gasteiger partial charge < -0.3 is 0 Å². The molecule has 0 nitrogen and oxygen atoms in total. The largest absolute Gasteiger partial charge is 0.0786 e. The normalized spacial score (nSPS) is 12.4. The minimum Gasteiger partial charge on any atom is -0.0786 e. The maximum atomic E-state index is 3.97. The smallest absolute Gasteiger partial charge is 0.0652 e. The lowest BCUT2D eigenvalue weighted by molar-refractivity contribution is 0.970. The highest BCUT2D eigenvalue weighted by Crippen LogP contribution is 2.38. The van der Waals surface area contributed by atoms with Crippen molar-refractivity contribution in [3.8, 4) is 0 Å². The summed E-state index contributed by atoms with van der Waals surface area (Å²) < 4.78 is 0. The van der Waals surface area contributed by atoms with E-state index in [4.69, 9.17) is 0 Å². The van der Waals surface area contributed by atoms with E-state index in [1.54, 1.807) is 0 Å². The molecule has 0 spiro atoms. The second-order valence-electron chi connectivity index (χ2n) is 5.61. The lowest BCUT2D eigenvalue weighted by Gasteiger charge is -2.21. The summed E-state index contributed by atoms with van der Waals surface area (Å²) in [6.45, 7) is 8.95. The van der Waals surface area contributed by atoms with Crippen LogP contribution in [0.5, 0.6) is 0 Å². The lowest BCUT2D eigenvalue weighted by Crippen LogP contribution is -2.06. The fourth-order valence-electron chi connectivity index (χ4n) is 2.99. The molecule has 1 unspecified atom stereocenters. The first-order chi connectivity index (χ1) is 10.1. The van der Waals surface area contributed by atoms with Crippen LogP contribution in [0.25, 0.3) is 0 Å². The molecule has 0 aliphatic rings. The number of aryl methyl sites for hydroxylation is 4. The molecular weight excluding hydrogens is 320 g/mol. The van der Waals surface area contributed by atoms with Gasteiger partial charge in [0.1, 0.15) is 0 Å². The first-order valence-electron chi connectivity index (χ1n) is 7.96. The number of alkyl halides is 1. The second kappa shape index (κ2) is 7.26. The molecule has 0 bridgehead atoms. The van der Waals surface area contributed by atoms with Crippen LogP contribution in [0.3, 0.4) is 0 Å². The summed E-state index contributed by atoms with van der Waals surface area (Å²) in [4.78, 5) is 0.287. The molecular formula is C20H25Br. The lowest BCUT2D eigenvalue weighted by atomic mass is 9.88. The Morgan fingerprint density at radius 3 is 1.95 bits per heavy atom. The highest BCUT2D eigenvalue weighted by molar-refractivity contribution is 9.09. The van der Waals surface area contributed by atoms with Gasteiger partial charge in [-0.25, -0.2) is 0 Å². The maximum absolute atomic E-state index is 3.97. The molecule has 0 aliphatic heterocycles. The van der Waals surface area contributed by atoms with Crippen LogP contribution in [-0.4, -0.2) is 0 Å². The summed E-state index contributed by atoms with van der Waals surface area (Å²) in [6, 6.07) is 13.5. The number of hydrogen-bond acceptors (Lipinski definition) is 0. The number of hydrogen-bond donors (Lipinski definition) is 0. The Bertz CT molecular complexity index is 588. The average molecular weight is 345 g/mol. The van der Waals surface area contributed by atoms with Crippen molar-refractivity contribution in [1.82, 2.24) is 0 Å². The van der Waals surface area contributed by atoms with Gasteiger partial charge in [-0.15, -0.1) is 0 Å². The van der Waals surface area contributed by atoms with Crippen molar-refractivity contribution in [1.29, 1.82) is 0 Å². The van der Waals surface area contributed by atoms with E-state index in [1.165, 1.54) is 33.4 Å². The molecule has 1 heteroatoms. The van der Waals surface area contributed by atoms with Crippen molar-refractivity contribution >= 4 is 15.9 Å². The Kier molecular flexibility index (Phi) is 5.64. The molecule has 0 aliphatic carbocycles. The van der Waals surface area contributed by atoms with Crippen LogP contribution in [0.15, 0.2) is 36.4 Å². The van der Waals surface area contributed by atoms with Crippen molar-refractivity contribution in [3.63, 3.8) is 0 Å². The molecule has 0 saturated carbocycles. The monoisotopic (exact) mass is 344 g/mol. The molecule has 0 amide bonds. The predicted octanol–water partition coefficient (Wildman–Crippen LogP) is 6.17. The standard InChI is InChI=1S/C20H25Br/c1-5-15-12-16(6-2)19(17(7-3)13-15)20(21)18-11-9-8-10-14(18)4/h8-13,20H,5-7H2,1-4H3. The quantitative estimate of drug-likeness (QED) is 0.569. The van der Waals surface area contributed by atoms with Crippen LogP contribution in [0.4, 0.5) is 0 Å². The Morgan fingerprint density at radius 1 is 0.905 bits per heavy atom. The van der Waals surface area contributed by atoms with Gasteiger partial charge in [0.15, 0.2) is 0 Å². The van der Waals surface area contributed by atoms with E-state index in [9.17, 15) is 0 Å². The summed E-state index contributed by atoms with van der Waals surface area (Å²) in [5, 5.41) is 0. The van der Waals surface area contributed by atoms with Gasteiger partial charge in [0.2, 0.25) is 0 Å². The van der Waals surface area contributed by atoms with E-state index < -0.39 is 0 Å². The average Bonchev–Trinajstić information content (AvgIpc) is 2.53. The molecule has 2 aromatic rings. The van der Waals surface area contributed by atoms with Gasteiger partial charge in [-0.05, 0) is 59.6 Å². The highest BCUT2D eigenvalue weighted by Gasteiger charge is 2.19. The van der Waals surface area contributed by atoms with Gasteiger partial charge in [0.25, 0.3) is 0 Å². The van der Waals surface area contributed by atoms with Crippen LogP contribution < -0.4 is 0 Å². The fraction of sp³-hybridized carbons (Fsp3) is 0.400. The van der Waals surface area contributed by atoms with Crippen molar-refractivity contribution in [2.45, 2.75) is 51.8 Å². The molecule has 0 radical (unpaired) electrons. The van der Waals surface area contributed by atoms with Crippen molar-refractivity contribution in [2.75, 3.05) is 0 Å². The minimum atomic E-state index is 0.287. The van der Waals surface area contributed by atoms with Gasteiger partial charge in [-0.2, -0.15) is 0 Å². The molecule has 2 aromatic carbocycles. The van der Waals surface area contributed by atoms with E-state index in [-0.39, 0.29) is 4.83 Å². The zero-order valence-corrected chi connectivity index (χ0v) is 15.1. The topological polar surface area (TPSA) is 0 Å². The number of halogens is 1. The summed E-state index contributed by atoms with van der Waals surface area (Å²) >= 11 is 3.97. The molecule has 2 rings (SSSR count). The van der Waals surface area contributed by atoms with Crippen LogP contribution in [0.1, 0.15) is 59.0 Å². The summed E-state index contributed by atoms with van der Waals surface area (Å²) in [6.07, 6.45) is 3.28. The van der Waals surface area contributed by atoms with Crippen LogP contribution >= 0.6 is 15.9 Å². The molecule has 1 atom stereocenters. The Hall–Kier alpha value is -1.08.